The van der Waals surface area contributed by atoms with Gasteiger partial charge in [0.2, 0.25) is 0 Å². The molecule has 5 nitrogen and oxygen atoms in total. The van der Waals surface area contributed by atoms with Crippen LogP contribution in [0, 0.1) is 11.6 Å². The first-order valence-corrected chi connectivity index (χ1v) is 6.71. The van der Waals surface area contributed by atoms with Crippen LogP contribution in [0.2, 0.25) is 0 Å². The van der Waals surface area contributed by atoms with E-state index in [1.54, 1.807) is 18.3 Å². The molecule has 0 radical (unpaired) electrons. The topological polar surface area (TPSA) is 68.0 Å². The number of pyridine rings is 1. The normalized spacial score (nSPS) is 11.4. The van der Waals surface area contributed by atoms with Gasteiger partial charge in [-0.3, -0.25) is 9.67 Å². The van der Waals surface area contributed by atoms with Crippen LogP contribution >= 0.6 is 0 Å². The summed E-state index contributed by atoms with van der Waals surface area (Å²) in [7, 11) is 0. The third-order valence-corrected chi connectivity index (χ3v) is 3.25. The monoisotopic (exact) mass is 315 g/mol. The van der Waals surface area contributed by atoms with Gasteiger partial charge >= 0.3 is 5.97 Å². The number of carbonyl (C=O) groups is 1. The fourth-order valence-electron chi connectivity index (χ4n) is 2.23. The van der Waals surface area contributed by atoms with E-state index < -0.39 is 17.6 Å². The van der Waals surface area contributed by atoms with E-state index >= 15 is 0 Å². The molecule has 2 heterocycles. The lowest BCUT2D eigenvalue weighted by atomic mass is 10.2. The van der Waals surface area contributed by atoms with Gasteiger partial charge in [-0.1, -0.05) is 6.07 Å². The second kappa shape index (κ2) is 5.96. The number of aliphatic carboxylic acids is 1. The molecule has 1 aromatic carbocycles. The number of carboxylic acid groups (broad SMARTS) is 1. The molecule has 0 atom stereocenters. The van der Waals surface area contributed by atoms with Crippen molar-refractivity contribution in [1.29, 1.82) is 0 Å². The van der Waals surface area contributed by atoms with Crippen LogP contribution < -0.4 is 0 Å². The van der Waals surface area contributed by atoms with E-state index in [0.29, 0.717) is 16.7 Å². The van der Waals surface area contributed by atoms with Crippen LogP contribution in [0.25, 0.3) is 17.1 Å². The van der Waals surface area contributed by atoms with Gasteiger partial charge in [-0.2, -0.15) is 5.10 Å². The molecule has 0 unspecified atom stereocenters. The van der Waals surface area contributed by atoms with E-state index in [9.17, 15) is 13.6 Å². The second-order valence-corrected chi connectivity index (χ2v) is 4.82. The number of rotatable bonds is 4. The minimum absolute atomic E-state index is 0.0786. The summed E-state index contributed by atoms with van der Waals surface area (Å²) in [6.07, 6.45) is 3.85. The van der Waals surface area contributed by atoms with E-state index in [1.165, 1.54) is 22.9 Å². The highest BCUT2D eigenvalue weighted by Gasteiger charge is 2.12. The Morgan fingerprint density at radius 3 is 2.87 bits per heavy atom. The molecule has 3 rings (SSSR count). The number of aromatic nitrogens is 3. The molecule has 0 bridgehead atoms. The van der Waals surface area contributed by atoms with Crippen molar-refractivity contribution in [2.45, 2.75) is 6.54 Å². The van der Waals surface area contributed by atoms with Crippen LogP contribution in [0.1, 0.15) is 11.3 Å². The molecular weight excluding hydrogens is 304 g/mol. The van der Waals surface area contributed by atoms with Crippen molar-refractivity contribution in [2.75, 3.05) is 0 Å². The van der Waals surface area contributed by atoms with Gasteiger partial charge in [0.1, 0.15) is 22.8 Å². The van der Waals surface area contributed by atoms with Gasteiger partial charge in [-0.25, -0.2) is 13.6 Å². The summed E-state index contributed by atoms with van der Waals surface area (Å²) < 4.78 is 28.3. The van der Waals surface area contributed by atoms with Crippen LogP contribution in [-0.2, 0) is 11.3 Å². The quantitative estimate of drug-likeness (QED) is 0.752. The molecule has 0 amide bonds. The van der Waals surface area contributed by atoms with Crippen LogP contribution in [0.4, 0.5) is 8.78 Å². The molecule has 3 aromatic rings. The summed E-state index contributed by atoms with van der Waals surface area (Å²) in [4.78, 5) is 14.8. The number of carboxylic acids is 1. The highest BCUT2D eigenvalue weighted by molar-refractivity contribution is 5.90. The molecule has 1 N–H and O–H groups in total. The Labute approximate surface area is 129 Å². The Hall–Kier alpha value is -3.09. The standard InChI is InChI=1S/C16H11F2N3O2/c17-11-4-3-10(12(18)8-11)9-21-14-2-1-7-19-16(14)13(20-21)5-6-15(22)23/h1-8H,9H2,(H,22,23). The minimum atomic E-state index is -1.10. The Bertz CT molecular complexity index is 919. The van der Waals surface area contributed by atoms with Crippen LogP contribution in [0.5, 0.6) is 0 Å². The lowest BCUT2D eigenvalue weighted by molar-refractivity contribution is -0.131. The molecule has 0 saturated heterocycles. The number of benzene rings is 1. The van der Waals surface area contributed by atoms with Crippen LogP contribution in [-0.4, -0.2) is 25.8 Å². The van der Waals surface area contributed by atoms with Crippen molar-refractivity contribution < 1.29 is 18.7 Å². The number of fused-ring (bicyclic) bond motifs is 1. The zero-order valence-electron chi connectivity index (χ0n) is 11.8. The van der Waals surface area contributed by atoms with Gasteiger partial charge in [0, 0.05) is 23.9 Å². The van der Waals surface area contributed by atoms with Gasteiger partial charge in [0.25, 0.3) is 0 Å². The van der Waals surface area contributed by atoms with E-state index in [2.05, 4.69) is 10.1 Å². The first-order chi connectivity index (χ1) is 11.0. The molecule has 0 saturated carbocycles. The lowest BCUT2D eigenvalue weighted by Gasteiger charge is -2.05. The van der Waals surface area contributed by atoms with Gasteiger partial charge in [-0.15, -0.1) is 0 Å². The van der Waals surface area contributed by atoms with Gasteiger partial charge in [0.05, 0.1) is 12.1 Å². The Morgan fingerprint density at radius 1 is 1.30 bits per heavy atom. The van der Waals surface area contributed by atoms with Crippen LogP contribution in [0.15, 0.2) is 42.6 Å². The summed E-state index contributed by atoms with van der Waals surface area (Å²) in [5.74, 6) is -2.42. The van der Waals surface area contributed by atoms with Gasteiger partial charge in [-0.05, 0) is 24.3 Å². The zero-order valence-corrected chi connectivity index (χ0v) is 11.8. The average Bonchev–Trinajstić information content (AvgIpc) is 2.86. The molecule has 0 fully saturated rings. The van der Waals surface area contributed by atoms with Crippen molar-refractivity contribution in [2.24, 2.45) is 0 Å². The highest BCUT2D eigenvalue weighted by atomic mass is 19.1. The molecule has 0 aliphatic carbocycles. The molecule has 2 aromatic heterocycles. The van der Waals surface area contributed by atoms with E-state index in [1.807, 2.05) is 0 Å². The lowest BCUT2D eigenvalue weighted by Crippen LogP contribution is -2.04. The van der Waals surface area contributed by atoms with Crippen LogP contribution in [0.3, 0.4) is 0 Å². The maximum absolute atomic E-state index is 13.8. The Balaban J connectivity index is 2.05. The average molecular weight is 315 g/mol. The molecule has 0 aliphatic heterocycles. The maximum Gasteiger partial charge on any atom is 0.328 e. The summed E-state index contributed by atoms with van der Waals surface area (Å²) in [5, 5.41) is 13.0. The van der Waals surface area contributed by atoms with E-state index in [0.717, 1.165) is 12.1 Å². The SMILES string of the molecule is O=C(O)C=Cc1nn(Cc2ccc(F)cc2F)c2cccnc12. The predicted molar refractivity (Wildman–Crippen MR) is 79.7 cm³/mol. The van der Waals surface area contributed by atoms with Gasteiger partial charge in [0.15, 0.2) is 0 Å². The summed E-state index contributed by atoms with van der Waals surface area (Å²) >= 11 is 0. The summed E-state index contributed by atoms with van der Waals surface area (Å²) in [6, 6.07) is 6.78. The summed E-state index contributed by atoms with van der Waals surface area (Å²) in [5.41, 5.74) is 1.77. The molecule has 0 aliphatic rings. The number of halogens is 2. The smallest absolute Gasteiger partial charge is 0.328 e. The Morgan fingerprint density at radius 2 is 2.13 bits per heavy atom. The van der Waals surface area contributed by atoms with Crippen molar-refractivity contribution in [3.8, 4) is 0 Å². The van der Waals surface area contributed by atoms with E-state index in [4.69, 9.17) is 5.11 Å². The van der Waals surface area contributed by atoms with Crippen molar-refractivity contribution in [3.63, 3.8) is 0 Å². The van der Waals surface area contributed by atoms with Crippen molar-refractivity contribution in [1.82, 2.24) is 14.8 Å². The fourth-order valence-corrected chi connectivity index (χ4v) is 2.23. The summed E-state index contributed by atoms with van der Waals surface area (Å²) in [6.45, 7) is 0.0786. The minimum Gasteiger partial charge on any atom is -0.478 e. The van der Waals surface area contributed by atoms with E-state index in [-0.39, 0.29) is 12.1 Å². The molecule has 116 valence electrons. The predicted octanol–water partition coefficient (Wildman–Crippen LogP) is 2.86. The molecule has 23 heavy (non-hydrogen) atoms. The Kier molecular flexibility index (Phi) is 3.84. The largest absolute Gasteiger partial charge is 0.478 e. The van der Waals surface area contributed by atoms with Crippen molar-refractivity contribution in [3.05, 3.63) is 65.5 Å². The number of hydrogen-bond donors (Lipinski definition) is 1. The third-order valence-electron chi connectivity index (χ3n) is 3.25. The molecular formula is C16H11F2N3O2. The maximum atomic E-state index is 13.8. The third kappa shape index (κ3) is 3.08. The molecule has 7 heteroatoms. The number of nitrogens with zero attached hydrogens (tertiary/aromatic N) is 3. The first kappa shape index (κ1) is 14.8. The highest BCUT2D eigenvalue weighted by Crippen LogP contribution is 2.19. The second-order valence-electron chi connectivity index (χ2n) is 4.82. The van der Waals surface area contributed by atoms with Gasteiger partial charge < -0.3 is 5.11 Å². The zero-order chi connectivity index (χ0) is 16.4. The fraction of sp³-hybridized carbons (Fsp3) is 0.0625. The number of hydrogen-bond acceptors (Lipinski definition) is 3. The van der Waals surface area contributed by atoms with Crippen molar-refractivity contribution >= 4 is 23.1 Å². The first-order valence-electron chi connectivity index (χ1n) is 6.71. The molecule has 0 spiro atoms.